The van der Waals surface area contributed by atoms with Crippen LogP contribution in [0.5, 0.6) is 0 Å². The number of carbonyl (C=O) groups excluding carboxylic acids is 1. The number of nitrogens with zero attached hydrogens (tertiary/aromatic N) is 4. The Morgan fingerprint density at radius 1 is 1.28 bits per heavy atom. The van der Waals surface area contributed by atoms with Crippen molar-refractivity contribution in [1.29, 1.82) is 0 Å². The fourth-order valence-corrected chi connectivity index (χ4v) is 2.71. The molecule has 1 aromatic carbocycles. The molecule has 3 rings (SSSR count). The van der Waals surface area contributed by atoms with E-state index in [-0.39, 0.29) is 11.4 Å². The van der Waals surface area contributed by atoms with Gasteiger partial charge in [-0.15, -0.1) is 0 Å². The van der Waals surface area contributed by atoms with Gasteiger partial charge >= 0.3 is 0 Å². The number of hydrogen-bond acceptors (Lipinski definition) is 6. The highest BCUT2D eigenvalue weighted by Gasteiger charge is 2.22. The van der Waals surface area contributed by atoms with Gasteiger partial charge in [-0.2, -0.15) is 5.10 Å². The van der Waals surface area contributed by atoms with Gasteiger partial charge in [-0.05, 0) is 31.0 Å². The molecular weight excluding hydrogens is 322 g/mol. The summed E-state index contributed by atoms with van der Waals surface area (Å²) in [4.78, 5) is 28.7. The largest absolute Gasteiger partial charge is 0.366 e. The van der Waals surface area contributed by atoms with E-state index in [1.54, 1.807) is 30.3 Å². The first-order chi connectivity index (χ1) is 12.1. The normalized spacial score (nSPS) is 14.0. The summed E-state index contributed by atoms with van der Waals surface area (Å²) in [6.45, 7) is 1.66. The third kappa shape index (κ3) is 3.97. The lowest BCUT2D eigenvalue weighted by Crippen LogP contribution is -2.19. The molecule has 0 aliphatic carbocycles. The van der Waals surface area contributed by atoms with Crippen LogP contribution in [0.2, 0.25) is 0 Å². The molecule has 1 N–H and O–H groups in total. The first-order valence-corrected chi connectivity index (χ1v) is 7.93. The van der Waals surface area contributed by atoms with Gasteiger partial charge < -0.3 is 4.90 Å². The van der Waals surface area contributed by atoms with Crippen molar-refractivity contribution in [3.8, 4) is 0 Å². The minimum atomic E-state index is -0.444. The van der Waals surface area contributed by atoms with Crippen LogP contribution < -0.4 is 10.3 Å². The van der Waals surface area contributed by atoms with E-state index in [9.17, 15) is 14.9 Å². The molecule has 0 radical (unpaired) electrons. The Hall–Kier alpha value is -3.29. The number of anilines is 1. The molecule has 0 bridgehead atoms. The number of rotatable bonds is 5. The Morgan fingerprint density at radius 3 is 2.76 bits per heavy atom. The highest BCUT2D eigenvalue weighted by atomic mass is 16.6. The molecule has 2 aromatic rings. The van der Waals surface area contributed by atoms with Crippen LogP contribution in [0.1, 0.15) is 28.9 Å². The Kier molecular flexibility index (Phi) is 4.98. The summed E-state index contributed by atoms with van der Waals surface area (Å²) in [6, 6.07) is 9.92. The highest BCUT2D eigenvalue weighted by molar-refractivity contribution is 5.93. The molecule has 0 unspecified atom stereocenters. The molecule has 2 heterocycles. The number of nitrogens with one attached hydrogen (secondary N) is 1. The van der Waals surface area contributed by atoms with Crippen LogP contribution in [0.4, 0.5) is 11.4 Å². The minimum absolute atomic E-state index is 0.0434. The molecule has 0 atom stereocenters. The van der Waals surface area contributed by atoms with Gasteiger partial charge in [0.15, 0.2) is 0 Å². The van der Waals surface area contributed by atoms with Crippen molar-refractivity contribution < 1.29 is 9.72 Å². The van der Waals surface area contributed by atoms with Gasteiger partial charge in [-0.1, -0.05) is 12.1 Å². The lowest BCUT2D eigenvalue weighted by atomic mass is 10.1. The third-order valence-electron chi connectivity index (χ3n) is 3.92. The summed E-state index contributed by atoms with van der Waals surface area (Å²) >= 11 is 0. The average Bonchev–Trinajstić information content (AvgIpc) is 3.16. The molecule has 1 fully saturated rings. The van der Waals surface area contributed by atoms with Crippen molar-refractivity contribution in [2.75, 3.05) is 18.0 Å². The van der Waals surface area contributed by atoms with Crippen molar-refractivity contribution in [2.45, 2.75) is 12.8 Å². The molecule has 0 spiro atoms. The number of pyridine rings is 1. The van der Waals surface area contributed by atoms with Crippen LogP contribution in [0.3, 0.4) is 0 Å². The maximum atomic E-state index is 11.8. The van der Waals surface area contributed by atoms with E-state index in [2.05, 4.69) is 15.5 Å². The van der Waals surface area contributed by atoms with Crippen LogP contribution in [0.25, 0.3) is 0 Å². The highest BCUT2D eigenvalue weighted by Crippen LogP contribution is 2.31. The quantitative estimate of drug-likeness (QED) is 0.512. The van der Waals surface area contributed by atoms with Gasteiger partial charge in [-0.25, -0.2) is 5.43 Å². The van der Waals surface area contributed by atoms with Gasteiger partial charge in [0.05, 0.1) is 11.1 Å². The summed E-state index contributed by atoms with van der Waals surface area (Å²) < 4.78 is 0. The predicted octanol–water partition coefficient (Wildman–Crippen LogP) is 2.35. The monoisotopic (exact) mass is 339 g/mol. The molecule has 128 valence electrons. The van der Waals surface area contributed by atoms with Crippen LogP contribution in [0.15, 0.2) is 47.7 Å². The molecule has 8 heteroatoms. The van der Waals surface area contributed by atoms with Crippen LogP contribution >= 0.6 is 0 Å². The van der Waals surface area contributed by atoms with Crippen LogP contribution in [-0.2, 0) is 0 Å². The lowest BCUT2D eigenvalue weighted by molar-refractivity contribution is -0.384. The zero-order valence-corrected chi connectivity index (χ0v) is 13.5. The topological polar surface area (TPSA) is 101 Å². The Morgan fingerprint density at radius 2 is 2.08 bits per heavy atom. The number of nitro benzene ring substituents is 1. The van der Waals surface area contributed by atoms with Crippen molar-refractivity contribution in [2.24, 2.45) is 5.10 Å². The number of aromatic nitrogens is 1. The second kappa shape index (κ2) is 7.52. The summed E-state index contributed by atoms with van der Waals surface area (Å²) in [5, 5.41) is 15.2. The number of hydrogen-bond donors (Lipinski definition) is 1. The van der Waals surface area contributed by atoms with E-state index < -0.39 is 10.8 Å². The molecule has 1 saturated heterocycles. The fourth-order valence-electron chi connectivity index (χ4n) is 2.71. The molecule has 25 heavy (non-hydrogen) atoms. The standard InChI is InChI=1S/C17H17N5O3/c23-17(14-5-1-2-8-18-14)20-19-12-13-6-7-15(16(11-13)22(24)25)21-9-3-4-10-21/h1-2,5-8,11-12H,3-4,9-10H2,(H,20,23)/b19-12+. The second-order valence-electron chi connectivity index (χ2n) is 5.61. The smallest absolute Gasteiger partial charge is 0.293 e. The van der Waals surface area contributed by atoms with Gasteiger partial charge in [0, 0.05) is 30.9 Å². The lowest BCUT2D eigenvalue weighted by Gasteiger charge is -2.17. The molecular formula is C17H17N5O3. The van der Waals surface area contributed by atoms with Gasteiger partial charge in [0.25, 0.3) is 11.6 Å². The van der Waals surface area contributed by atoms with Crippen molar-refractivity contribution >= 4 is 23.5 Å². The van der Waals surface area contributed by atoms with E-state index >= 15 is 0 Å². The summed E-state index contributed by atoms with van der Waals surface area (Å²) in [5.74, 6) is -0.444. The fraction of sp³-hybridized carbons (Fsp3) is 0.235. The predicted molar refractivity (Wildman–Crippen MR) is 93.8 cm³/mol. The Labute approximate surface area is 144 Å². The first kappa shape index (κ1) is 16.6. The third-order valence-corrected chi connectivity index (χ3v) is 3.92. The van der Waals surface area contributed by atoms with E-state index in [1.165, 1.54) is 18.5 Å². The zero-order valence-electron chi connectivity index (χ0n) is 13.5. The summed E-state index contributed by atoms with van der Waals surface area (Å²) in [6.07, 6.45) is 4.97. The molecule has 1 amide bonds. The molecule has 8 nitrogen and oxygen atoms in total. The van der Waals surface area contributed by atoms with Gasteiger partial charge in [0.2, 0.25) is 0 Å². The number of nitro groups is 1. The van der Waals surface area contributed by atoms with Crippen molar-refractivity contribution in [1.82, 2.24) is 10.4 Å². The van der Waals surface area contributed by atoms with E-state index in [0.29, 0.717) is 11.3 Å². The summed E-state index contributed by atoms with van der Waals surface area (Å²) in [7, 11) is 0. The molecule has 1 aromatic heterocycles. The zero-order chi connectivity index (χ0) is 17.6. The van der Waals surface area contributed by atoms with Crippen molar-refractivity contribution in [3.63, 3.8) is 0 Å². The SMILES string of the molecule is O=C(N/N=C/c1ccc(N2CCCC2)c([N+](=O)[O-])c1)c1ccccn1. The Bertz CT molecular complexity index is 801. The summed E-state index contributed by atoms with van der Waals surface area (Å²) in [5.41, 5.74) is 3.80. The number of hydrazone groups is 1. The number of benzene rings is 1. The van der Waals surface area contributed by atoms with Gasteiger partial charge in [-0.3, -0.25) is 19.9 Å². The van der Waals surface area contributed by atoms with E-state index in [0.717, 1.165) is 25.9 Å². The Balaban J connectivity index is 1.73. The van der Waals surface area contributed by atoms with E-state index in [4.69, 9.17) is 0 Å². The molecule has 1 aliphatic rings. The second-order valence-corrected chi connectivity index (χ2v) is 5.61. The van der Waals surface area contributed by atoms with Gasteiger partial charge in [0.1, 0.15) is 11.4 Å². The van der Waals surface area contributed by atoms with Crippen LogP contribution in [0, 0.1) is 10.1 Å². The first-order valence-electron chi connectivity index (χ1n) is 7.93. The maximum absolute atomic E-state index is 11.8. The number of carbonyl (C=O) groups is 1. The van der Waals surface area contributed by atoms with E-state index in [1.807, 2.05) is 4.90 Å². The number of amides is 1. The molecule has 1 aliphatic heterocycles. The maximum Gasteiger partial charge on any atom is 0.293 e. The minimum Gasteiger partial charge on any atom is -0.366 e. The van der Waals surface area contributed by atoms with Crippen molar-refractivity contribution in [3.05, 3.63) is 64.0 Å². The molecule has 0 saturated carbocycles. The average molecular weight is 339 g/mol. The van der Waals surface area contributed by atoms with Crippen LogP contribution in [-0.4, -0.2) is 35.1 Å².